The molecule has 0 saturated heterocycles. The van der Waals surface area contributed by atoms with Crippen molar-refractivity contribution in [1.29, 1.82) is 0 Å². The van der Waals surface area contributed by atoms with Crippen LogP contribution in [-0.4, -0.2) is 22.6 Å². The molecule has 0 fully saturated rings. The molecule has 0 bridgehead atoms. The summed E-state index contributed by atoms with van der Waals surface area (Å²) in [7, 11) is 0. The van der Waals surface area contributed by atoms with Gasteiger partial charge in [-0.05, 0) is 42.5 Å². The first-order valence-electron chi connectivity index (χ1n) is 9.05. The molecule has 7 heteroatoms. The topological polar surface area (TPSA) is 66.9 Å². The van der Waals surface area contributed by atoms with Gasteiger partial charge in [-0.1, -0.05) is 71.5 Å². The Bertz CT molecular complexity index is 927. The predicted octanol–water partition coefficient (Wildman–Crippen LogP) is 5.28. The number of anilines is 2. The van der Waals surface area contributed by atoms with E-state index in [2.05, 4.69) is 45.1 Å². The summed E-state index contributed by atoms with van der Waals surface area (Å²) in [6.45, 7) is 0.821. The van der Waals surface area contributed by atoms with E-state index in [1.54, 1.807) is 12.1 Å². The minimum absolute atomic E-state index is 0.273. The van der Waals surface area contributed by atoms with E-state index >= 15 is 0 Å². The molecule has 0 aliphatic carbocycles. The highest BCUT2D eigenvalue weighted by Crippen LogP contribution is 2.20. The molecule has 3 rings (SSSR count). The molecule has 5 nitrogen and oxygen atoms in total. The second-order valence-corrected chi connectivity index (χ2v) is 7.51. The van der Waals surface area contributed by atoms with Crippen LogP contribution in [-0.2, 0) is 11.2 Å². The van der Waals surface area contributed by atoms with E-state index in [4.69, 9.17) is 11.6 Å². The SMILES string of the molecule is O=C(/C=C/c1ccccc1Cl)Nc1nnc(NCCCCc2ccccc2)s1. The quantitative estimate of drug-likeness (QED) is 0.370. The number of carbonyl (C=O) groups is 1. The van der Waals surface area contributed by atoms with Gasteiger partial charge in [0.05, 0.1) is 0 Å². The van der Waals surface area contributed by atoms with Crippen molar-refractivity contribution in [2.75, 3.05) is 17.2 Å². The lowest BCUT2D eigenvalue weighted by atomic mass is 10.1. The third-order valence-corrected chi connectivity index (χ3v) is 5.13. The Labute approximate surface area is 173 Å². The zero-order valence-corrected chi connectivity index (χ0v) is 16.8. The molecule has 0 aliphatic rings. The minimum atomic E-state index is -0.273. The van der Waals surface area contributed by atoms with Crippen molar-refractivity contribution in [1.82, 2.24) is 10.2 Å². The van der Waals surface area contributed by atoms with Crippen LogP contribution in [0.15, 0.2) is 60.7 Å². The van der Waals surface area contributed by atoms with Gasteiger partial charge < -0.3 is 5.32 Å². The third kappa shape index (κ3) is 6.48. The van der Waals surface area contributed by atoms with Crippen molar-refractivity contribution in [3.63, 3.8) is 0 Å². The first-order chi connectivity index (χ1) is 13.7. The minimum Gasteiger partial charge on any atom is -0.360 e. The van der Waals surface area contributed by atoms with E-state index in [1.807, 2.05) is 24.3 Å². The van der Waals surface area contributed by atoms with E-state index in [0.29, 0.717) is 15.3 Å². The number of aromatic nitrogens is 2. The van der Waals surface area contributed by atoms with E-state index in [-0.39, 0.29) is 5.91 Å². The van der Waals surface area contributed by atoms with Crippen LogP contribution in [0.5, 0.6) is 0 Å². The molecular weight excluding hydrogens is 392 g/mol. The Morgan fingerprint density at radius 1 is 1.00 bits per heavy atom. The summed E-state index contributed by atoms with van der Waals surface area (Å²) in [5.41, 5.74) is 2.14. The Hall–Kier alpha value is -2.70. The van der Waals surface area contributed by atoms with Crippen molar-refractivity contribution in [3.05, 3.63) is 76.8 Å². The molecule has 0 spiro atoms. The summed E-state index contributed by atoms with van der Waals surface area (Å²) in [6, 6.07) is 17.8. The van der Waals surface area contributed by atoms with Gasteiger partial charge in [-0.2, -0.15) is 0 Å². The molecule has 1 heterocycles. The summed E-state index contributed by atoms with van der Waals surface area (Å²) >= 11 is 7.38. The van der Waals surface area contributed by atoms with Crippen molar-refractivity contribution in [2.45, 2.75) is 19.3 Å². The normalized spacial score (nSPS) is 10.9. The lowest BCUT2D eigenvalue weighted by Gasteiger charge is -2.02. The number of aryl methyl sites for hydroxylation is 1. The number of rotatable bonds is 9. The molecule has 2 aromatic carbocycles. The fourth-order valence-electron chi connectivity index (χ4n) is 2.56. The fourth-order valence-corrected chi connectivity index (χ4v) is 3.43. The van der Waals surface area contributed by atoms with E-state index in [1.165, 1.54) is 23.0 Å². The van der Waals surface area contributed by atoms with Gasteiger partial charge in [0.15, 0.2) is 0 Å². The number of hydrogen-bond donors (Lipinski definition) is 2. The molecule has 1 amide bonds. The third-order valence-electron chi connectivity index (χ3n) is 3.99. The van der Waals surface area contributed by atoms with Crippen molar-refractivity contribution < 1.29 is 4.79 Å². The number of benzene rings is 2. The first-order valence-corrected chi connectivity index (χ1v) is 10.2. The summed E-state index contributed by atoms with van der Waals surface area (Å²) < 4.78 is 0. The molecule has 0 radical (unpaired) electrons. The van der Waals surface area contributed by atoms with Gasteiger partial charge in [0, 0.05) is 17.6 Å². The maximum absolute atomic E-state index is 12.0. The van der Waals surface area contributed by atoms with Crippen LogP contribution in [0.25, 0.3) is 6.08 Å². The Kier molecular flexibility index (Phi) is 7.58. The zero-order chi connectivity index (χ0) is 19.6. The number of nitrogens with zero attached hydrogens (tertiary/aromatic N) is 2. The van der Waals surface area contributed by atoms with Crippen LogP contribution in [0.1, 0.15) is 24.0 Å². The molecule has 2 N–H and O–H groups in total. The second-order valence-electron chi connectivity index (χ2n) is 6.13. The van der Waals surface area contributed by atoms with Crippen molar-refractivity contribution in [3.8, 4) is 0 Å². The van der Waals surface area contributed by atoms with E-state index < -0.39 is 0 Å². The van der Waals surface area contributed by atoms with Gasteiger partial charge in [-0.25, -0.2) is 0 Å². The van der Waals surface area contributed by atoms with Crippen LogP contribution in [0.2, 0.25) is 5.02 Å². The highest BCUT2D eigenvalue weighted by atomic mass is 35.5. The van der Waals surface area contributed by atoms with Gasteiger partial charge in [0.1, 0.15) is 0 Å². The number of halogens is 1. The molecule has 0 unspecified atom stereocenters. The van der Waals surface area contributed by atoms with Crippen molar-refractivity contribution >= 4 is 45.2 Å². The van der Waals surface area contributed by atoms with Gasteiger partial charge in [0.25, 0.3) is 0 Å². The Balaban J connectivity index is 1.39. The predicted molar refractivity (Wildman–Crippen MR) is 117 cm³/mol. The lowest BCUT2D eigenvalue weighted by molar-refractivity contribution is -0.111. The number of unbranched alkanes of at least 4 members (excludes halogenated alkanes) is 1. The molecule has 28 heavy (non-hydrogen) atoms. The largest absolute Gasteiger partial charge is 0.360 e. The molecular formula is C21H21ClN4OS. The summed E-state index contributed by atoms with van der Waals surface area (Å²) in [5.74, 6) is -0.273. The Morgan fingerprint density at radius 2 is 1.75 bits per heavy atom. The lowest BCUT2D eigenvalue weighted by Crippen LogP contribution is -2.07. The number of amides is 1. The van der Waals surface area contributed by atoms with Crippen LogP contribution >= 0.6 is 22.9 Å². The van der Waals surface area contributed by atoms with Gasteiger partial charge in [-0.3, -0.25) is 10.1 Å². The summed E-state index contributed by atoms with van der Waals surface area (Å²) in [6.07, 6.45) is 6.31. The maximum Gasteiger partial charge on any atom is 0.250 e. The van der Waals surface area contributed by atoms with Crippen LogP contribution in [0.3, 0.4) is 0 Å². The van der Waals surface area contributed by atoms with Crippen molar-refractivity contribution in [2.24, 2.45) is 0 Å². The zero-order valence-electron chi connectivity index (χ0n) is 15.3. The van der Waals surface area contributed by atoms with Gasteiger partial charge in [-0.15, -0.1) is 10.2 Å². The molecule has 0 saturated carbocycles. The maximum atomic E-state index is 12.0. The smallest absolute Gasteiger partial charge is 0.250 e. The highest BCUT2D eigenvalue weighted by Gasteiger charge is 2.06. The van der Waals surface area contributed by atoms with Crippen LogP contribution in [0.4, 0.5) is 10.3 Å². The number of nitrogens with one attached hydrogen (secondary N) is 2. The van der Waals surface area contributed by atoms with Crippen LogP contribution in [0, 0.1) is 0 Å². The van der Waals surface area contributed by atoms with Gasteiger partial charge in [0.2, 0.25) is 16.2 Å². The average Bonchev–Trinajstić information content (AvgIpc) is 3.15. The molecule has 3 aromatic rings. The number of hydrogen-bond acceptors (Lipinski definition) is 5. The summed E-state index contributed by atoms with van der Waals surface area (Å²) in [4.78, 5) is 12.0. The molecule has 0 atom stereocenters. The monoisotopic (exact) mass is 412 g/mol. The molecule has 1 aromatic heterocycles. The number of carbonyl (C=O) groups excluding carboxylic acids is 1. The highest BCUT2D eigenvalue weighted by molar-refractivity contribution is 7.19. The standard InChI is InChI=1S/C21H21ClN4OS/c22-18-12-5-4-11-17(18)13-14-19(27)24-21-26-25-20(28-21)23-15-7-6-10-16-8-2-1-3-9-16/h1-5,8-9,11-14H,6-7,10,15H2,(H,23,25)(H,24,26,27)/b14-13+. The first kappa shape index (κ1) is 20.0. The summed E-state index contributed by atoms with van der Waals surface area (Å²) in [5, 5.41) is 15.8. The molecule has 144 valence electrons. The van der Waals surface area contributed by atoms with E-state index in [9.17, 15) is 4.79 Å². The Morgan fingerprint density at radius 3 is 2.57 bits per heavy atom. The fraction of sp³-hybridized carbons (Fsp3) is 0.190. The van der Waals surface area contributed by atoms with Crippen LogP contribution < -0.4 is 10.6 Å². The van der Waals surface area contributed by atoms with Gasteiger partial charge >= 0.3 is 0 Å². The molecule has 0 aliphatic heterocycles. The van der Waals surface area contributed by atoms with E-state index in [0.717, 1.165) is 31.4 Å². The second kappa shape index (κ2) is 10.6. The average molecular weight is 413 g/mol.